The van der Waals surface area contributed by atoms with Gasteiger partial charge in [-0.1, -0.05) is 76.9 Å². The highest BCUT2D eigenvalue weighted by atomic mass is 16.4. The van der Waals surface area contributed by atoms with Crippen molar-refractivity contribution >= 4 is 0 Å². The van der Waals surface area contributed by atoms with Crippen molar-refractivity contribution in [2.75, 3.05) is 19.7 Å². The molecule has 0 aromatic heterocycles. The van der Waals surface area contributed by atoms with Gasteiger partial charge in [0.2, 0.25) is 0 Å². The molecule has 0 aromatic carbocycles. The molecule has 4 atom stereocenters. The molecule has 6 nitrogen and oxygen atoms in total. The second-order valence-corrected chi connectivity index (χ2v) is 8.44. The summed E-state index contributed by atoms with van der Waals surface area (Å²) in [6, 6.07) is 0. The molecule has 0 spiro atoms. The zero-order valence-corrected chi connectivity index (χ0v) is 19.2. The van der Waals surface area contributed by atoms with Gasteiger partial charge in [-0.2, -0.15) is 0 Å². The lowest BCUT2D eigenvalue weighted by molar-refractivity contribution is -0.113. The van der Waals surface area contributed by atoms with E-state index in [4.69, 9.17) is 5.11 Å². The Morgan fingerprint density at radius 2 is 1.10 bits per heavy atom. The monoisotopic (exact) mass is 431 g/mol. The van der Waals surface area contributed by atoms with Crippen molar-refractivity contribution in [2.24, 2.45) is 0 Å². The highest BCUT2D eigenvalue weighted by molar-refractivity contribution is 4.82. The van der Waals surface area contributed by atoms with Crippen LogP contribution in [0.25, 0.3) is 0 Å². The van der Waals surface area contributed by atoms with E-state index in [1.54, 1.807) is 0 Å². The van der Waals surface area contributed by atoms with Gasteiger partial charge in [0.1, 0.15) is 18.3 Å². The zero-order chi connectivity index (χ0) is 22.5. The van der Waals surface area contributed by atoms with Gasteiger partial charge in [0.25, 0.3) is 0 Å². The van der Waals surface area contributed by atoms with Crippen molar-refractivity contribution in [1.82, 2.24) is 5.32 Å². The van der Waals surface area contributed by atoms with Gasteiger partial charge < -0.3 is 30.8 Å². The van der Waals surface area contributed by atoms with Gasteiger partial charge in [-0.25, -0.2) is 0 Å². The van der Waals surface area contributed by atoms with Crippen LogP contribution < -0.4 is 5.32 Å². The number of hydrogen-bond donors (Lipinski definition) is 6. The summed E-state index contributed by atoms with van der Waals surface area (Å²) in [6.07, 6.45) is 16.7. The number of hydrogen-bond acceptors (Lipinski definition) is 6. The maximum atomic E-state index is 9.80. The summed E-state index contributed by atoms with van der Waals surface area (Å²) in [5.74, 6) is 0. The van der Waals surface area contributed by atoms with Crippen LogP contribution in [0.3, 0.4) is 0 Å². The summed E-state index contributed by atoms with van der Waals surface area (Å²) < 4.78 is 0. The van der Waals surface area contributed by atoms with Gasteiger partial charge in [0.15, 0.2) is 0 Å². The summed E-state index contributed by atoms with van der Waals surface area (Å²) in [4.78, 5) is 0. The summed E-state index contributed by atoms with van der Waals surface area (Å²) in [7, 11) is 0. The molecule has 0 bridgehead atoms. The first kappa shape index (κ1) is 29.5. The van der Waals surface area contributed by atoms with E-state index in [-0.39, 0.29) is 6.54 Å². The van der Waals surface area contributed by atoms with Gasteiger partial charge in [0.05, 0.1) is 12.7 Å². The van der Waals surface area contributed by atoms with Crippen LogP contribution in [-0.2, 0) is 0 Å². The Hall–Kier alpha value is -0.500. The van der Waals surface area contributed by atoms with Crippen LogP contribution in [0.2, 0.25) is 0 Å². The second-order valence-electron chi connectivity index (χ2n) is 8.44. The molecular weight excluding hydrogens is 382 g/mol. The lowest BCUT2D eigenvalue weighted by Crippen LogP contribution is -2.49. The Balaban J connectivity index is 3.37. The smallest absolute Gasteiger partial charge is 0.111 e. The molecule has 0 amide bonds. The fourth-order valence-corrected chi connectivity index (χ4v) is 3.43. The van der Waals surface area contributed by atoms with E-state index in [0.717, 1.165) is 19.4 Å². The van der Waals surface area contributed by atoms with Crippen LogP contribution in [0.15, 0.2) is 12.2 Å². The molecule has 0 fully saturated rings. The highest BCUT2D eigenvalue weighted by Crippen LogP contribution is 2.10. The SMILES string of the molecule is CCCCCCCC/C=C\CCCCCCCCNC[C@H](O)[C@@H](O)[C@H](O)[C@H](O)CO. The van der Waals surface area contributed by atoms with Crippen LogP contribution in [0.5, 0.6) is 0 Å². The average Bonchev–Trinajstić information content (AvgIpc) is 2.76. The van der Waals surface area contributed by atoms with E-state index in [1.807, 2.05) is 0 Å². The normalized spacial score (nSPS) is 16.1. The maximum Gasteiger partial charge on any atom is 0.111 e. The summed E-state index contributed by atoms with van der Waals surface area (Å²) >= 11 is 0. The van der Waals surface area contributed by atoms with Gasteiger partial charge in [-0.3, -0.25) is 0 Å². The third-order valence-electron chi connectivity index (χ3n) is 5.54. The van der Waals surface area contributed by atoms with Crippen molar-refractivity contribution in [3.63, 3.8) is 0 Å². The third kappa shape index (κ3) is 17.2. The molecule has 0 rings (SSSR count). The minimum absolute atomic E-state index is 0.140. The first-order valence-corrected chi connectivity index (χ1v) is 12.2. The van der Waals surface area contributed by atoms with E-state index in [9.17, 15) is 20.4 Å². The highest BCUT2D eigenvalue weighted by Gasteiger charge is 2.29. The standard InChI is InChI=1S/C24H49NO5/c1-2-3-4-5-6-7-8-9-10-11-12-13-14-15-16-17-18-25-19-21(27)23(29)24(30)22(28)20-26/h9-10,21-30H,2-8,11-20H2,1H3/b10-9-/t21-,22+,23+,24+/m0/s1. The fourth-order valence-electron chi connectivity index (χ4n) is 3.43. The van der Waals surface area contributed by atoms with E-state index >= 15 is 0 Å². The number of unbranched alkanes of at least 4 members (excludes halogenated alkanes) is 12. The fraction of sp³-hybridized carbons (Fsp3) is 0.917. The molecule has 0 aliphatic carbocycles. The quantitative estimate of drug-likeness (QED) is 0.116. The number of allylic oxidation sites excluding steroid dienone is 2. The molecule has 0 aliphatic rings. The average molecular weight is 432 g/mol. The first-order valence-electron chi connectivity index (χ1n) is 12.2. The molecule has 0 aliphatic heterocycles. The molecule has 30 heavy (non-hydrogen) atoms. The predicted molar refractivity (Wildman–Crippen MR) is 123 cm³/mol. The molecular formula is C24H49NO5. The van der Waals surface area contributed by atoms with Crippen LogP contribution in [0.1, 0.15) is 96.8 Å². The largest absolute Gasteiger partial charge is 0.394 e. The Kier molecular flexibility index (Phi) is 21.4. The lowest BCUT2D eigenvalue weighted by atomic mass is 10.0. The molecule has 6 N–H and O–H groups in total. The predicted octanol–water partition coefficient (Wildman–Crippen LogP) is 3.05. The van der Waals surface area contributed by atoms with Gasteiger partial charge in [-0.15, -0.1) is 0 Å². The van der Waals surface area contributed by atoms with Crippen molar-refractivity contribution in [3.8, 4) is 0 Å². The van der Waals surface area contributed by atoms with Crippen molar-refractivity contribution in [3.05, 3.63) is 12.2 Å². The molecule has 0 saturated heterocycles. The minimum Gasteiger partial charge on any atom is -0.394 e. The molecule has 0 unspecified atom stereocenters. The van der Waals surface area contributed by atoms with Gasteiger partial charge in [-0.05, 0) is 38.6 Å². The molecule has 0 saturated carbocycles. The molecule has 0 heterocycles. The second kappa shape index (κ2) is 21.7. The topological polar surface area (TPSA) is 113 Å². The summed E-state index contributed by atoms with van der Waals surface area (Å²) in [5.41, 5.74) is 0. The number of aliphatic hydroxyl groups is 5. The van der Waals surface area contributed by atoms with Crippen molar-refractivity contribution < 1.29 is 25.5 Å². The third-order valence-corrected chi connectivity index (χ3v) is 5.54. The molecule has 0 radical (unpaired) electrons. The van der Waals surface area contributed by atoms with E-state index in [1.165, 1.54) is 77.0 Å². The van der Waals surface area contributed by atoms with Gasteiger partial charge in [0, 0.05) is 6.54 Å². The Labute approximate surface area is 184 Å². The van der Waals surface area contributed by atoms with Crippen LogP contribution in [-0.4, -0.2) is 69.6 Å². The van der Waals surface area contributed by atoms with Crippen LogP contribution in [0, 0.1) is 0 Å². The first-order chi connectivity index (χ1) is 14.5. The van der Waals surface area contributed by atoms with Crippen LogP contribution >= 0.6 is 0 Å². The number of aliphatic hydroxyl groups excluding tert-OH is 5. The molecule has 180 valence electrons. The van der Waals surface area contributed by atoms with Gasteiger partial charge >= 0.3 is 0 Å². The maximum absolute atomic E-state index is 9.80. The number of rotatable bonds is 22. The number of nitrogens with one attached hydrogen (secondary N) is 1. The Bertz CT molecular complexity index is 381. The zero-order valence-electron chi connectivity index (χ0n) is 19.2. The molecule has 6 heteroatoms. The van der Waals surface area contributed by atoms with E-state index < -0.39 is 31.0 Å². The van der Waals surface area contributed by atoms with Crippen molar-refractivity contribution in [2.45, 2.75) is 121 Å². The van der Waals surface area contributed by atoms with E-state index in [0.29, 0.717) is 0 Å². The lowest BCUT2D eigenvalue weighted by Gasteiger charge is -2.25. The summed E-state index contributed by atoms with van der Waals surface area (Å²) in [5, 5.41) is 50.2. The summed E-state index contributed by atoms with van der Waals surface area (Å²) in [6.45, 7) is 2.48. The minimum atomic E-state index is -1.56. The van der Waals surface area contributed by atoms with Crippen molar-refractivity contribution in [1.29, 1.82) is 0 Å². The van der Waals surface area contributed by atoms with Crippen LogP contribution in [0.4, 0.5) is 0 Å². The Morgan fingerprint density at radius 3 is 1.63 bits per heavy atom. The molecule has 0 aromatic rings. The van der Waals surface area contributed by atoms with E-state index in [2.05, 4.69) is 24.4 Å². The Morgan fingerprint density at radius 1 is 0.633 bits per heavy atom.